The van der Waals surface area contributed by atoms with Crippen molar-refractivity contribution in [3.8, 4) is 5.75 Å². The lowest BCUT2D eigenvalue weighted by molar-refractivity contribution is -0.123. The fourth-order valence-corrected chi connectivity index (χ4v) is 3.76. The van der Waals surface area contributed by atoms with E-state index < -0.39 is 17.4 Å². The second-order valence-corrected chi connectivity index (χ2v) is 8.24. The molecule has 1 aliphatic heterocycles. The largest absolute Gasteiger partial charge is 0.494 e. The lowest BCUT2D eigenvalue weighted by atomic mass is 10.0. The van der Waals surface area contributed by atoms with Crippen molar-refractivity contribution in [1.29, 1.82) is 0 Å². The van der Waals surface area contributed by atoms with Crippen molar-refractivity contribution in [3.05, 3.63) is 59.0 Å². The van der Waals surface area contributed by atoms with Crippen LogP contribution in [-0.4, -0.2) is 44.4 Å². The fourth-order valence-electron chi connectivity index (χ4n) is 3.76. The molecule has 0 saturated carbocycles. The third kappa shape index (κ3) is 3.51. The van der Waals surface area contributed by atoms with Gasteiger partial charge >= 0.3 is 6.03 Å². The lowest BCUT2D eigenvalue weighted by Gasteiger charge is -2.27. The van der Waals surface area contributed by atoms with E-state index in [2.05, 4.69) is 10.3 Å². The minimum absolute atomic E-state index is 0.0716. The molecule has 1 saturated heterocycles. The molecule has 9 nitrogen and oxygen atoms in total. The Morgan fingerprint density at radius 1 is 1.19 bits per heavy atom. The molecule has 1 aromatic carbocycles. The Balaban J connectivity index is 1.58. The van der Waals surface area contributed by atoms with Gasteiger partial charge in [-0.05, 0) is 45.4 Å². The molecule has 0 radical (unpaired) electrons. The molecule has 32 heavy (non-hydrogen) atoms. The van der Waals surface area contributed by atoms with Crippen LogP contribution >= 0.6 is 0 Å². The number of benzene rings is 1. The summed E-state index contributed by atoms with van der Waals surface area (Å²) >= 11 is 0. The molecule has 0 atom stereocenters. The highest BCUT2D eigenvalue weighted by atomic mass is 19.1. The summed E-state index contributed by atoms with van der Waals surface area (Å²) in [7, 11) is 1.38. The van der Waals surface area contributed by atoms with Gasteiger partial charge in [-0.2, -0.15) is 5.10 Å². The number of anilines is 1. The smallest absolute Gasteiger partial charge is 0.332 e. The van der Waals surface area contributed by atoms with Gasteiger partial charge in [-0.1, -0.05) is 11.2 Å². The molecule has 0 unspecified atom stereocenters. The maximum atomic E-state index is 14.1. The van der Waals surface area contributed by atoms with E-state index >= 15 is 0 Å². The number of ether oxygens (including phenoxy) is 1. The van der Waals surface area contributed by atoms with Crippen LogP contribution in [0.4, 0.5) is 14.9 Å². The summed E-state index contributed by atoms with van der Waals surface area (Å²) < 4.78 is 25.9. The lowest BCUT2D eigenvalue weighted by Crippen LogP contribution is -2.43. The number of nitrogens with zero attached hydrogens (tertiary/aromatic N) is 5. The molecule has 10 heteroatoms. The number of aryl methyl sites for hydroxylation is 2. The highest BCUT2D eigenvalue weighted by Gasteiger charge is 2.52. The second kappa shape index (κ2) is 7.77. The van der Waals surface area contributed by atoms with E-state index in [0.29, 0.717) is 23.6 Å². The number of urea groups is 1. The van der Waals surface area contributed by atoms with Gasteiger partial charge in [0.15, 0.2) is 11.6 Å². The van der Waals surface area contributed by atoms with Crippen LogP contribution in [0.2, 0.25) is 0 Å². The fraction of sp³-hybridized carbons (Fsp3) is 0.364. The number of aromatic nitrogens is 3. The minimum Gasteiger partial charge on any atom is -0.494 e. The van der Waals surface area contributed by atoms with E-state index in [0.717, 1.165) is 16.2 Å². The Morgan fingerprint density at radius 3 is 2.56 bits per heavy atom. The molecule has 0 spiro atoms. The molecule has 3 heterocycles. The van der Waals surface area contributed by atoms with Crippen molar-refractivity contribution >= 4 is 17.6 Å². The van der Waals surface area contributed by atoms with E-state index in [9.17, 15) is 14.0 Å². The van der Waals surface area contributed by atoms with Crippen LogP contribution in [0, 0.1) is 19.7 Å². The van der Waals surface area contributed by atoms with Crippen molar-refractivity contribution in [2.75, 3.05) is 12.0 Å². The molecular weight excluding hydrogens is 417 g/mol. The molecule has 1 fully saturated rings. The monoisotopic (exact) mass is 441 g/mol. The van der Waals surface area contributed by atoms with Crippen LogP contribution in [0.15, 0.2) is 35.1 Å². The number of hydrogen-bond donors (Lipinski definition) is 0. The average molecular weight is 441 g/mol. The van der Waals surface area contributed by atoms with E-state index in [1.807, 2.05) is 13.8 Å². The molecule has 0 aliphatic carbocycles. The molecule has 0 bridgehead atoms. The van der Waals surface area contributed by atoms with Gasteiger partial charge in [0.25, 0.3) is 5.91 Å². The Kier molecular flexibility index (Phi) is 5.23. The number of carbonyl (C=O) groups excluding carboxylic acids is 2. The van der Waals surface area contributed by atoms with Gasteiger partial charge in [-0.15, -0.1) is 0 Å². The van der Waals surface area contributed by atoms with Crippen LogP contribution < -0.4 is 9.64 Å². The summed E-state index contributed by atoms with van der Waals surface area (Å²) in [5.41, 5.74) is 1.45. The number of imide groups is 1. The van der Waals surface area contributed by atoms with Crippen LogP contribution in [-0.2, 0) is 17.9 Å². The van der Waals surface area contributed by atoms with Crippen molar-refractivity contribution < 1.29 is 23.2 Å². The van der Waals surface area contributed by atoms with Crippen LogP contribution in [0.25, 0.3) is 0 Å². The van der Waals surface area contributed by atoms with Crippen LogP contribution in [0.5, 0.6) is 5.75 Å². The third-order valence-electron chi connectivity index (χ3n) is 5.76. The quantitative estimate of drug-likeness (QED) is 0.544. The van der Waals surface area contributed by atoms with Gasteiger partial charge < -0.3 is 14.2 Å². The zero-order valence-corrected chi connectivity index (χ0v) is 18.5. The molecule has 4 rings (SSSR count). The standard InChI is InChI=1S/C22H24FN5O4/c1-13-17(14(2)32-25-13)12-26-11-16(9-24-26)28-20(29)22(3,4)27(21(28)30)10-15-6-7-19(31-5)18(23)8-15/h6-9,11H,10,12H2,1-5H3. The second-order valence-electron chi connectivity index (χ2n) is 8.24. The molecule has 0 N–H and O–H groups in total. The van der Waals surface area contributed by atoms with Crippen molar-refractivity contribution in [1.82, 2.24) is 19.8 Å². The van der Waals surface area contributed by atoms with Gasteiger partial charge in [0.1, 0.15) is 11.3 Å². The summed E-state index contributed by atoms with van der Waals surface area (Å²) in [6.07, 6.45) is 3.11. The van der Waals surface area contributed by atoms with Gasteiger partial charge in [0.2, 0.25) is 0 Å². The Hall–Kier alpha value is -3.69. The van der Waals surface area contributed by atoms with Gasteiger partial charge in [0, 0.05) is 18.3 Å². The number of halogens is 1. The van der Waals surface area contributed by atoms with Gasteiger partial charge in [0.05, 0.1) is 31.2 Å². The first-order valence-electron chi connectivity index (χ1n) is 10.1. The molecule has 2 aromatic heterocycles. The maximum absolute atomic E-state index is 14.1. The van der Waals surface area contributed by atoms with Crippen molar-refractivity contribution in [3.63, 3.8) is 0 Å². The number of amides is 3. The number of carbonyl (C=O) groups is 2. The summed E-state index contributed by atoms with van der Waals surface area (Å²) in [6.45, 7) is 7.46. The highest BCUT2D eigenvalue weighted by Crippen LogP contribution is 2.33. The van der Waals surface area contributed by atoms with Gasteiger partial charge in [-0.25, -0.2) is 14.1 Å². The highest BCUT2D eigenvalue weighted by molar-refractivity contribution is 6.22. The Labute approximate surface area is 184 Å². The van der Waals surface area contributed by atoms with Crippen LogP contribution in [0.3, 0.4) is 0 Å². The predicted octanol–water partition coefficient (Wildman–Crippen LogP) is 3.43. The van der Waals surface area contributed by atoms with E-state index in [4.69, 9.17) is 9.26 Å². The normalized spacial score (nSPS) is 15.7. The molecule has 3 aromatic rings. The molecule has 168 valence electrons. The number of rotatable bonds is 6. The van der Waals surface area contributed by atoms with Crippen molar-refractivity contribution in [2.24, 2.45) is 0 Å². The molecular formula is C22H24FN5O4. The maximum Gasteiger partial charge on any atom is 0.332 e. The van der Waals surface area contributed by atoms with Crippen molar-refractivity contribution in [2.45, 2.75) is 46.3 Å². The Bertz CT molecular complexity index is 1180. The summed E-state index contributed by atoms with van der Waals surface area (Å²) in [5, 5.41) is 8.22. The first-order valence-corrected chi connectivity index (χ1v) is 10.1. The summed E-state index contributed by atoms with van der Waals surface area (Å²) in [4.78, 5) is 28.9. The van der Waals surface area contributed by atoms with E-state index in [-0.39, 0.29) is 18.2 Å². The first-order chi connectivity index (χ1) is 15.1. The predicted molar refractivity (Wildman–Crippen MR) is 113 cm³/mol. The SMILES string of the molecule is COc1ccc(CN2C(=O)N(c3cnn(Cc4c(C)noc4C)c3)C(=O)C2(C)C)cc1F. The minimum atomic E-state index is -1.11. The van der Waals surface area contributed by atoms with E-state index in [1.165, 1.54) is 30.3 Å². The zero-order valence-electron chi connectivity index (χ0n) is 18.5. The number of hydrogen-bond acceptors (Lipinski definition) is 6. The zero-order chi connectivity index (χ0) is 23.2. The van der Waals surface area contributed by atoms with E-state index in [1.54, 1.807) is 30.8 Å². The topological polar surface area (TPSA) is 93.7 Å². The van der Waals surface area contributed by atoms with Gasteiger partial charge in [-0.3, -0.25) is 9.48 Å². The van der Waals surface area contributed by atoms with Crippen LogP contribution in [0.1, 0.15) is 36.4 Å². The number of methoxy groups -OCH3 is 1. The summed E-state index contributed by atoms with van der Waals surface area (Å²) in [6, 6.07) is 3.97. The molecule has 1 aliphatic rings. The summed E-state index contributed by atoms with van der Waals surface area (Å²) in [5.74, 6) is -0.109. The average Bonchev–Trinajstić information content (AvgIpc) is 3.37. The third-order valence-corrected chi connectivity index (χ3v) is 5.76. The Morgan fingerprint density at radius 2 is 1.94 bits per heavy atom. The molecule has 3 amide bonds. The first kappa shape index (κ1) is 21.5.